The third kappa shape index (κ3) is 0.817. The predicted molar refractivity (Wildman–Crippen MR) is 44.2 cm³/mol. The van der Waals surface area contributed by atoms with E-state index in [0.717, 1.165) is 0 Å². The number of sulfone groups is 1. The molecule has 12 heavy (non-hydrogen) atoms. The van der Waals surface area contributed by atoms with E-state index in [2.05, 4.69) is 0 Å². The van der Waals surface area contributed by atoms with Crippen molar-refractivity contribution < 1.29 is 12.8 Å². The lowest BCUT2D eigenvalue weighted by Crippen LogP contribution is -2.32. The van der Waals surface area contributed by atoms with E-state index in [1.807, 2.05) is 6.92 Å². The van der Waals surface area contributed by atoms with Crippen LogP contribution >= 0.6 is 0 Å². The van der Waals surface area contributed by atoms with Gasteiger partial charge in [0, 0.05) is 0 Å². The van der Waals surface area contributed by atoms with E-state index in [9.17, 15) is 12.8 Å². The molecule has 0 bridgehead atoms. The van der Waals surface area contributed by atoms with Crippen molar-refractivity contribution in [3.63, 3.8) is 0 Å². The molecule has 0 atom stereocenters. The van der Waals surface area contributed by atoms with E-state index >= 15 is 0 Å². The summed E-state index contributed by atoms with van der Waals surface area (Å²) in [7, 11) is -3.47. The smallest absolute Gasteiger partial charge is 0.211 e. The Morgan fingerprint density at radius 3 is 2.00 bits per heavy atom. The summed E-state index contributed by atoms with van der Waals surface area (Å²) < 4.78 is 36.1. The van der Waals surface area contributed by atoms with Crippen LogP contribution in [0.15, 0.2) is 0 Å². The lowest BCUT2D eigenvalue weighted by Gasteiger charge is -2.16. The van der Waals surface area contributed by atoms with Crippen LogP contribution in [0.2, 0.25) is 0 Å². The zero-order valence-electron chi connectivity index (χ0n) is 7.14. The second-order valence-electron chi connectivity index (χ2n) is 3.92. The summed E-state index contributed by atoms with van der Waals surface area (Å²) in [6.07, 6.45) is 2.34. The highest BCUT2D eigenvalue weighted by atomic mass is 32.2. The first-order valence-corrected chi connectivity index (χ1v) is 5.89. The molecule has 2 rings (SSSR count). The summed E-state index contributed by atoms with van der Waals surface area (Å²) in [5.41, 5.74) is 0. The Morgan fingerprint density at radius 1 is 1.25 bits per heavy atom. The fourth-order valence-electron chi connectivity index (χ4n) is 1.71. The first kappa shape index (κ1) is 8.48. The minimum atomic E-state index is -3.47. The van der Waals surface area contributed by atoms with Crippen LogP contribution in [0.1, 0.15) is 39.0 Å². The van der Waals surface area contributed by atoms with Gasteiger partial charge in [0.25, 0.3) is 0 Å². The molecule has 0 spiro atoms. The molecule has 0 amide bonds. The highest BCUT2D eigenvalue weighted by Crippen LogP contribution is 2.58. The normalized spacial score (nSPS) is 29.8. The van der Waals surface area contributed by atoms with Crippen LogP contribution in [0.3, 0.4) is 0 Å². The number of alkyl halides is 1. The maximum absolute atomic E-state index is 13.4. The lowest BCUT2D eigenvalue weighted by molar-refractivity contribution is 0.395. The minimum absolute atomic E-state index is 0.219. The molecular weight excluding hydrogens is 179 g/mol. The molecule has 0 aliphatic heterocycles. The van der Waals surface area contributed by atoms with Crippen molar-refractivity contribution in [2.75, 3.05) is 0 Å². The van der Waals surface area contributed by atoms with Gasteiger partial charge in [-0.25, -0.2) is 12.8 Å². The van der Waals surface area contributed by atoms with Crippen molar-refractivity contribution in [2.24, 2.45) is 0 Å². The summed E-state index contributed by atoms with van der Waals surface area (Å²) in [5.74, 6) is 0. The molecular formula is C8H13FO2S. The number of halogens is 1. The molecule has 4 heteroatoms. The first-order chi connectivity index (χ1) is 5.47. The average molecular weight is 192 g/mol. The molecule has 2 aliphatic carbocycles. The van der Waals surface area contributed by atoms with Gasteiger partial charge >= 0.3 is 0 Å². The van der Waals surface area contributed by atoms with E-state index in [1.165, 1.54) is 0 Å². The summed E-state index contributed by atoms with van der Waals surface area (Å²) >= 11 is 0. The van der Waals surface area contributed by atoms with Gasteiger partial charge in [0.05, 0.1) is 4.75 Å². The van der Waals surface area contributed by atoms with E-state index in [0.29, 0.717) is 19.3 Å². The SMILES string of the molecule is CCC1(S(=O)(=O)C2(F)CC2)CC1. The van der Waals surface area contributed by atoms with E-state index in [-0.39, 0.29) is 12.8 Å². The molecule has 0 heterocycles. The van der Waals surface area contributed by atoms with Gasteiger partial charge in [-0.2, -0.15) is 0 Å². The summed E-state index contributed by atoms with van der Waals surface area (Å²) in [4.78, 5) is 0. The molecule has 2 fully saturated rings. The van der Waals surface area contributed by atoms with Crippen molar-refractivity contribution in [3.8, 4) is 0 Å². The Kier molecular flexibility index (Phi) is 1.43. The highest BCUT2D eigenvalue weighted by molar-refractivity contribution is 7.94. The van der Waals surface area contributed by atoms with Crippen LogP contribution in [-0.2, 0) is 9.84 Å². The molecule has 0 saturated heterocycles. The van der Waals surface area contributed by atoms with Gasteiger partial charge in [-0.1, -0.05) is 6.92 Å². The number of rotatable bonds is 3. The fourth-order valence-corrected chi connectivity index (χ4v) is 4.14. The van der Waals surface area contributed by atoms with E-state index in [1.54, 1.807) is 0 Å². The first-order valence-electron chi connectivity index (χ1n) is 4.41. The summed E-state index contributed by atoms with van der Waals surface area (Å²) in [6.45, 7) is 1.83. The van der Waals surface area contributed by atoms with Gasteiger partial charge in [-0.3, -0.25) is 0 Å². The summed E-state index contributed by atoms with van der Waals surface area (Å²) in [5, 5.41) is -1.83. The molecule has 0 radical (unpaired) electrons. The van der Waals surface area contributed by atoms with Crippen molar-refractivity contribution in [1.29, 1.82) is 0 Å². The molecule has 0 aromatic carbocycles. The van der Waals surface area contributed by atoms with Crippen LogP contribution in [0.5, 0.6) is 0 Å². The van der Waals surface area contributed by atoms with E-state index < -0.39 is 19.6 Å². The lowest BCUT2D eigenvalue weighted by atomic mass is 10.3. The predicted octanol–water partition coefficient (Wildman–Crippen LogP) is 1.80. The van der Waals surface area contributed by atoms with Gasteiger partial charge < -0.3 is 0 Å². The van der Waals surface area contributed by atoms with Crippen molar-refractivity contribution in [2.45, 2.75) is 48.8 Å². The molecule has 0 aromatic rings. The average Bonchev–Trinajstić information content (AvgIpc) is 2.81. The molecule has 70 valence electrons. The van der Waals surface area contributed by atoms with Crippen molar-refractivity contribution >= 4 is 9.84 Å². The third-order valence-electron chi connectivity index (χ3n) is 3.15. The monoisotopic (exact) mass is 192 g/mol. The largest absolute Gasteiger partial charge is 0.226 e. The van der Waals surface area contributed by atoms with Gasteiger partial charge in [-0.05, 0) is 32.1 Å². The Labute approximate surface area is 72.1 Å². The van der Waals surface area contributed by atoms with Gasteiger partial charge in [0.15, 0.2) is 9.84 Å². The van der Waals surface area contributed by atoms with Crippen LogP contribution in [0.25, 0.3) is 0 Å². The van der Waals surface area contributed by atoms with Crippen molar-refractivity contribution in [3.05, 3.63) is 0 Å². The Hall–Kier alpha value is -0.120. The second kappa shape index (κ2) is 2.03. The molecule has 0 N–H and O–H groups in total. The van der Waals surface area contributed by atoms with Gasteiger partial charge in [-0.15, -0.1) is 0 Å². The Bertz CT molecular complexity index is 299. The number of hydrogen-bond donors (Lipinski definition) is 0. The Morgan fingerprint density at radius 2 is 1.75 bits per heavy atom. The fraction of sp³-hybridized carbons (Fsp3) is 1.00. The second-order valence-corrected chi connectivity index (χ2v) is 6.53. The Balaban J connectivity index is 2.33. The maximum atomic E-state index is 13.4. The van der Waals surface area contributed by atoms with Crippen LogP contribution in [0, 0.1) is 0 Å². The molecule has 2 aliphatic rings. The maximum Gasteiger partial charge on any atom is 0.211 e. The zero-order chi connectivity index (χ0) is 9.04. The minimum Gasteiger partial charge on any atom is -0.226 e. The van der Waals surface area contributed by atoms with Crippen LogP contribution in [-0.4, -0.2) is 18.2 Å². The highest BCUT2D eigenvalue weighted by Gasteiger charge is 2.67. The van der Waals surface area contributed by atoms with Crippen molar-refractivity contribution in [1.82, 2.24) is 0 Å². The molecule has 2 nitrogen and oxygen atoms in total. The van der Waals surface area contributed by atoms with Gasteiger partial charge in [0.1, 0.15) is 0 Å². The quantitative estimate of drug-likeness (QED) is 0.683. The summed E-state index contributed by atoms with van der Waals surface area (Å²) in [6, 6.07) is 0. The standard InChI is InChI=1S/C8H13FO2S/c1-2-7(3-4-7)12(10,11)8(9)5-6-8/h2-6H2,1H3. The topological polar surface area (TPSA) is 34.1 Å². The van der Waals surface area contributed by atoms with E-state index in [4.69, 9.17) is 0 Å². The van der Waals surface area contributed by atoms with Crippen LogP contribution < -0.4 is 0 Å². The van der Waals surface area contributed by atoms with Gasteiger partial charge in [0.2, 0.25) is 5.00 Å². The van der Waals surface area contributed by atoms with Crippen LogP contribution in [0.4, 0.5) is 4.39 Å². The third-order valence-corrected chi connectivity index (χ3v) is 6.36. The zero-order valence-corrected chi connectivity index (χ0v) is 7.95. The molecule has 0 aromatic heterocycles. The molecule has 0 unspecified atom stereocenters. The number of hydrogen-bond acceptors (Lipinski definition) is 2. The molecule has 2 saturated carbocycles.